The van der Waals surface area contributed by atoms with Crippen molar-refractivity contribution < 1.29 is 0 Å². The van der Waals surface area contributed by atoms with E-state index in [1.807, 2.05) is 28.9 Å². The minimum atomic E-state index is -0.157. The lowest BCUT2D eigenvalue weighted by Crippen LogP contribution is -2.17. The van der Waals surface area contributed by atoms with Gasteiger partial charge in [-0.3, -0.25) is 4.68 Å². The van der Waals surface area contributed by atoms with E-state index in [-0.39, 0.29) is 6.04 Å². The van der Waals surface area contributed by atoms with E-state index in [0.717, 1.165) is 34.9 Å². The Morgan fingerprint density at radius 3 is 2.50 bits per heavy atom. The summed E-state index contributed by atoms with van der Waals surface area (Å²) in [7, 11) is 0. The SMILES string of the molecule is CCc1cc(C(N)c2ccc(Cl)cc2)n(CC)n1. The van der Waals surface area contributed by atoms with Crippen LogP contribution in [-0.2, 0) is 13.0 Å². The zero-order chi connectivity index (χ0) is 13.1. The number of hydrogen-bond donors (Lipinski definition) is 1. The minimum Gasteiger partial charge on any atom is -0.319 e. The first-order valence-electron chi connectivity index (χ1n) is 6.23. The van der Waals surface area contributed by atoms with Crippen LogP contribution < -0.4 is 5.73 Å². The molecule has 0 aliphatic rings. The molecule has 0 spiro atoms. The Kier molecular flexibility index (Phi) is 4.04. The molecule has 1 aromatic carbocycles. The maximum absolute atomic E-state index is 6.31. The summed E-state index contributed by atoms with van der Waals surface area (Å²) in [5.74, 6) is 0. The van der Waals surface area contributed by atoms with Crippen molar-refractivity contribution in [3.63, 3.8) is 0 Å². The first-order chi connectivity index (χ1) is 8.65. The Balaban J connectivity index is 2.35. The molecular formula is C14H18ClN3. The molecule has 0 aliphatic heterocycles. The van der Waals surface area contributed by atoms with Gasteiger partial charge in [0.15, 0.2) is 0 Å². The van der Waals surface area contributed by atoms with Crippen LogP contribution in [0.1, 0.15) is 36.8 Å². The van der Waals surface area contributed by atoms with Crippen molar-refractivity contribution in [2.75, 3.05) is 0 Å². The molecule has 0 saturated carbocycles. The molecule has 0 bridgehead atoms. The number of aryl methyl sites for hydroxylation is 2. The van der Waals surface area contributed by atoms with Crippen molar-refractivity contribution in [1.29, 1.82) is 0 Å². The molecule has 3 nitrogen and oxygen atoms in total. The monoisotopic (exact) mass is 263 g/mol. The van der Waals surface area contributed by atoms with E-state index in [1.54, 1.807) is 0 Å². The predicted octanol–water partition coefficient (Wildman–Crippen LogP) is 3.17. The first-order valence-corrected chi connectivity index (χ1v) is 6.61. The zero-order valence-electron chi connectivity index (χ0n) is 10.7. The topological polar surface area (TPSA) is 43.8 Å². The Morgan fingerprint density at radius 1 is 1.28 bits per heavy atom. The molecule has 1 heterocycles. The van der Waals surface area contributed by atoms with E-state index in [0.29, 0.717) is 0 Å². The molecule has 96 valence electrons. The fraction of sp³-hybridized carbons (Fsp3) is 0.357. The fourth-order valence-corrected chi connectivity index (χ4v) is 2.13. The molecule has 0 saturated heterocycles. The van der Waals surface area contributed by atoms with Gasteiger partial charge in [-0.1, -0.05) is 30.7 Å². The van der Waals surface area contributed by atoms with Gasteiger partial charge in [0.2, 0.25) is 0 Å². The van der Waals surface area contributed by atoms with Gasteiger partial charge in [-0.15, -0.1) is 0 Å². The molecule has 2 N–H and O–H groups in total. The van der Waals surface area contributed by atoms with E-state index in [2.05, 4.69) is 25.0 Å². The van der Waals surface area contributed by atoms with E-state index >= 15 is 0 Å². The van der Waals surface area contributed by atoms with Crippen molar-refractivity contribution >= 4 is 11.6 Å². The average Bonchev–Trinajstić information content (AvgIpc) is 2.82. The molecule has 0 fully saturated rings. The summed E-state index contributed by atoms with van der Waals surface area (Å²) in [6, 6.07) is 9.59. The van der Waals surface area contributed by atoms with Crippen LogP contribution in [0.3, 0.4) is 0 Å². The Hall–Kier alpha value is -1.32. The number of halogens is 1. The number of hydrogen-bond acceptors (Lipinski definition) is 2. The summed E-state index contributed by atoms with van der Waals surface area (Å²) >= 11 is 5.89. The second-order valence-corrected chi connectivity index (χ2v) is 4.70. The fourth-order valence-electron chi connectivity index (χ4n) is 2.00. The van der Waals surface area contributed by atoms with Crippen molar-refractivity contribution in [2.45, 2.75) is 32.9 Å². The molecule has 4 heteroatoms. The third-order valence-electron chi connectivity index (χ3n) is 3.07. The van der Waals surface area contributed by atoms with Crippen LogP contribution in [0.2, 0.25) is 5.02 Å². The van der Waals surface area contributed by atoms with Crippen LogP contribution in [0.4, 0.5) is 0 Å². The Labute approximate surface area is 113 Å². The van der Waals surface area contributed by atoms with Crippen LogP contribution >= 0.6 is 11.6 Å². The van der Waals surface area contributed by atoms with E-state index < -0.39 is 0 Å². The van der Waals surface area contributed by atoms with Crippen molar-refractivity contribution in [3.8, 4) is 0 Å². The molecule has 1 atom stereocenters. The van der Waals surface area contributed by atoms with Gasteiger partial charge < -0.3 is 5.73 Å². The van der Waals surface area contributed by atoms with Crippen molar-refractivity contribution in [3.05, 3.63) is 52.3 Å². The smallest absolute Gasteiger partial charge is 0.0723 e. The van der Waals surface area contributed by atoms with Crippen LogP contribution in [0.5, 0.6) is 0 Å². The van der Waals surface area contributed by atoms with Gasteiger partial charge >= 0.3 is 0 Å². The van der Waals surface area contributed by atoms with Crippen LogP contribution in [0.25, 0.3) is 0 Å². The molecule has 18 heavy (non-hydrogen) atoms. The predicted molar refractivity (Wildman–Crippen MR) is 74.8 cm³/mol. The summed E-state index contributed by atoms with van der Waals surface area (Å²) < 4.78 is 1.97. The van der Waals surface area contributed by atoms with Gasteiger partial charge in [-0.05, 0) is 37.1 Å². The second kappa shape index (κ2) is 5.55. The molecule has 1 aromatic heterocycles. The lowest BCUT2D eigenvalue weighted by atomic mass is 10.0. The largest absolute Gasteiger partial charge is 0.319 e. The average molecular weight is 264 g/mol. The second-order valence-electron chi connectivity index (χ2n) is 4.26. The van der Waals surface area contributed by atoms with Crippen LogP contribution in [0.15, 0.2) is 30.3 Å². The normalized spacial score (nSPS) is 12.7. The lowest BCUT2D eigenvalue weighted by Gasteiger charge is -2.13. The van der Waals surface area contributed by atoms with Crippen molar-refractivity contribution in [1.82, 2.24) is 9.78 Å². The van der Waals surface area contributed by atoms with Gasteiger partial charge in [0.05, 0.1) is 17.4 Å². The molecule has 0 radical (unpaired) electrons. The standard InChI is InChI=1S/C14H18ClN3/c1-3-12-9-13(18(4-2)17-12)14(16)10-5-7-11(15)8-6-10/h5-9,14H,3-4,16H2,1-2H3. The molecule has 2 aromatic rings. The van der Waals surface area contributed by atoms with Gasteiger partial charge in [-0.25, -0.2) is 0 Å². The van der Waals surface area contributed by atoms with Crippen LogP contribution in [0, 0.1) is 0 Å². The number of benzene rings is 1. The Morgan fingerprint density at radius 2 is 1.94 bits per heavy atom. The number of nitrogens with zero attached hydrogens (tertiary/aromatic N) is 2. The minimum absolute atomic E-state index is 0.157. The van der Waals surface area contributed by atoms with Crippen molar-refractivity contribution in [2.24, 2.45) is 5.73 Å². The summed E-state index contributed by atoms with van der Waals surface area (Å²) in [5.41, 5.74) is 9.49. The number of rotatable bonds is 4. The Bertz CT molecular complexity index is 516. The molecule has 1 unspecified atom stereocenters. The van der Waals surface area contributed by atoms with E-state index in [4.69, 9.17) is 17.3 Å². The highest BCUT2D eigenvalue weighted by Crippen LogP contribution is 2.22. The summed E-state index contributed by atoms with van der Waals surface area (Å²) in [5, 5.41) is 5.25. The summed E-state index contributed by atoms with van der Waals surface area (Å²) in [6.45, 7) is 5.00. The highest BCUT2D eigenvalue weighted by Gasteiger charge is 2.15. The van der Waals surface area contributed by atoms with Gasteiger partial charge in [0.1, 0.15) is 0 Å². The summed E-state index contributed by atoms with van der Waals surface area (Å²) in [6.07, 6.45) is 0.924. The quantitative estimate of drug-likeness (QED) is 0.921. The molecule has 0 amide bonds. The third-order valence-corrected chi connectivity index (χ3v) is 3.32. The maximum Gasteiger partial charge on any atom is 0.0723 e. The number of nitrogens with two attached hydrogens (primary N) is 1. The highest BCUT2D eigenvalue weighted by molar-refractivity contribution is 6.30. The summed E-state index contributed by atoms with van der Waals surface area (Å²) in [4.78, 5) is 0. The molecular weight excluding hydrogens is 246 g/mol. The van der Waals surface area contributed by atoms with Crippen LogP contribution in [-0.4, -0.2) is 9.78 Å². The first kappa shape index (κ1) is 13.1. The van der Waals surface area contributed by atoms with E-state index in [9.17, 15) is 0 Å². The molecule has 2 rings (SSSR count). The van der Waals surface area contributed by atoms with Gasteiger partial charge in [-0.2, -0.15) is 5.10 Å². The van der Waals surface area contributed by atoms with Gasteiger partial charge in [0.25, 0.3) is 0 Å². The maximum atomic E-state index is 6.31. The lowest BCUT2D eigenvalue weighted by molar-refractivity contribution is 0.595. The zero-order valence-corrected chi connectivity index (χ0v) is 11.5. The molecule has 0 aliphatic carbocycles. The van der Waals surface area contributed by atoms with E-state index in [1.165, 1.54) is 0 Å². The highest BCUT2D eigenvalue weighted by atomic mass is 35.5. The number of aromatic nitrogens is 2. The third kappa shape index (κ3) is 2.57. The van der Waals surface area contributed by atoms with Gasteiger partial charge in [0, 0.05) is 11.6 Å².